The molecule has 0 saturated carbocycles. The number of aliphatic hydroxyl groups excluding tert-OH is 2. The second kappa shape index (κ2) is 5.58. The largest absolute Gasteiger partial charge is 0.508 e. The highest BCUT2D eigenvalue weighted by Gasteiger charge is 2.22. The van der Waals surface area contributed by atoms with E-state index in [0.29, 0.717) is 5.39 Å². The van der Waals surface area contributed by atoms with Gasteiger partial charge in [0.25, 0.3) is 0 Å². The lowest BCUT2D eigenvalue weighted by molar-refractivity contribution is 0.0239. The van der Waals surface area contributed by atoms with Gasteiger partial charge in [0.05, 0.1) is 12.6 Å². The number of hydrogen-bond donors (Lipinski definition) is 3. The van der Waals surface area contributed by atoms with Crippen molar-refractivity contribution < 1.29 is 15.3 Å². The fourth-order valence-corrected chi connectivity index (χ4v) is 2.01. The number of phenols is 1. The Hall–Kier alpha value is -2.27. The molecule has 6 nitrogen and oxygen atoms in total. The molecule has 0 spiro atoms. The lowest BCUT2D eigenvalue weighted by Crippen LogP contribution is -2.21. The second-order valence-electron chi connectivity index (χ2n) is 4.15. The summed E-state index contributed by atoms with van der Waals surface area (Å²) in [4.78, 5) is 2.53. The van der Waals surface area contributed by atoms with Crippen molar-refractivity contribution in [3.05, 3.63) is 52.4 Å². The number of rotatable bonds is 4. The maximum atomic E-state index is 10.1. The van der Waals surface area contributed by atoms with E-state index in [0.717, 1.165) is 5.39 Å². The van der Waals surface area contributed by atoms with E-state index in [1.165, 1.54) is 6.07 Å². The molecule has 2 rings (SSSR count). The lowest BCUT2D eigenvalue weighted by Gasteiger charge is -2.19. The van der Waals surface area contributed by atoms with Gasteiger partial charge in [0.1, 0.15) is 11.9 Å². The van der Waals surface area contributed by atoms with E-state index >= 15 is 0 Å². The first-order valence-corrected chi connectivity index (χ1v) is 5.72. The van der Waals surface area contributed by atoms with Gasteiger partial charge in [0.2, 0.25) is 0 Å². The molecule has 0 aliphatic heterocycles. The van der Waals surface area contributed by atoms with Crippen molar-refractivity contribution in [3.63, 3.8) is 0 Å². The number of aromatic hydroxyl groups is 1. The molecule has 2 aromatic carbocycles. The topological polar surface area (TPSA) is 109 Å². The zero-order chi connectivity index (χ0) is 13.8. The number of hydrogen-bond acceptors (Lipinski definition) is 4. The number of phenolic OH excluding ortho intramolecular Hbond substituents is 1. The number of aliphatic hydroxyl groups is 2. The molecule has 0 radical (unpaired) electrons. The number of fused-ring (bicyclic) bond motifs is 1. The summed E-state index contributed by atoms with van der Waals surface area (Å²) in [6, 6.07) is 10.4. The molecule has 0 bridgehead atoms. The summed E-state index contributed by atoms with van der Waals surface area (Å²) in [6.45, 7) is -0.264. The Morgan fingerprint density at radius 1 is 1.16 bits per heavy atom. The van der Waals surface area contributed by atoms with Crippen LogP contribution in [-0.4, -0.2) is 28.0 Å². The maximum Gasteiger partial charge on any atom is 0.122 e. The van der Waals surface area contributed by atoms with Gasteiger partial charge in [0, 0.05) is 10.5 Å². The van der Waals surface area contributed by atoms with Crippen molar-refractivity contribution in [2.24, 2.45) is 5.11 Å². The van der Waals surface area contributed by atoms with Crippen LogP contribution in [0, 0.1) is 0 Å². The van der Waals surface area contributed by atoms with Gasteiger partial charge >= 0.3 is 0 Å². The van der Waals surface area contributed by atoms with Crippen molar-refractivity contribution in [1.29, 1.82) is 0 Å². The summed E-state index contributed by atoms with van der Waals surface area (Å²) < 4.78 is 0. The average molecular weight is 259 g/mol. The molecule has 0 aliphatic carbocycles. The highest BCUT2D eigenvalue weighted by Crippen LogP contribution is 2.33. The van der Waals surface area contributed by atoms with Crippen molar-refractivity contribution in [2.45, 2.75) is 12.2 Å². The van der Waals surface area contributed by atoms with Crippen LogP contribution in [0.25, 0.3) is 21.2 Å². The van der Waals surface area contributed by atoms with Crippen molar-refractivity contribution in [2.75, 3.05) is 6.54 Å². The molecular weight excluding hydrogens is 246 g/mol. The Balaban J connectivity index is 2.48. The molecule has 6 heteroatoms. The van der Waals surface area contributed by atoms with E-state index in [1.54, 1.807) is 18.2 Å². The van der Waals surface area contributed by atoms with E-state index in [2.05, 4.69) is 10.0 Å². The predicted molar refractivity (Wildman–Crippen MR) is 70.6 cm³/mol. The van der Waals surface area contributed by atoms with Crippen molar-refractivity contribution in [1.82, 2.24) is 0 Å². The summed E-state index contributed by atoms with van der Waals surface area (Å²) in [7, 11) is 0. The minimum absolute atomic E-state index is 0.105. The molecule has 0 saturated heterocycles. The first-order valence-electron chi connectivity index (χ1n) is 5.72. The molecule has 3 N–H and O–H groups in total. The third kappa shape index (κ3) is 2.61. The molecule has 98 valence electrons. The van der Waals surface area contributed by atoms with Crippen LogP contribution < -0.4 is 0 Å². The Morgan fingerprint density at radius 2 is 1.89 bits per heavy atom. The minimum Gasteiger partial charge on any atom is -0.508 e. The quantitative estimate of drug-likeness (QED) is 0.445. The molecule has 0 heterocycles. The van der Waals surface area contributed by atoms with Crippen LogP contribution in [0.4, 0.5) is 0 Å². The van der Waals surface area contributed by atoms with Gasteiger partial charge in [0.15, 0.2) is 0 Å². The average Bonchev–Trinajstić information content (AvgIpc) is 2.44. The monoisotopic (exact) mass is 259 g/mol. The SMILES string of the molecule is [N-]=[N+]=NCC(O)C(O)c1c(O)ccc2ccccc12. The molecule has 19 heavy (non-hydrogen) atoms. The third-order valence-corrected chi connectivity index (χ3v) is 2.94. The highest BCUT2D eigenvalue weighted by atomic mass is 16.3. The summed E-state index contributed by atoms with van der Waals surface area (Å²) in [6.07, 6.45) is -2.59. The van der Waals surface area contributed by atoms with Gasteiger partial charge in [-0.05, 0) is 22.4 Å². The molecular formula is C13H13N3O3. The summed E-state index contributed by atoms with van der Waals surface area (Å²) >= 11 is 0. The zero-order valence-corrected chi connectivity index (χ0v) is 10.0. The molecule has 2 atom stereocenters. The van der Waals surface area contributed by atoms with Crippen LogP contribution >= 0.6 is 0 Å². The predicted octanol–water partition coefficient (Wildman–Crippen LogP) is 2.25. The van der Waals surface area contributed by atoms with Crippen LogP contribution in [-0.2, 0) is 0 Å². The Labute approximate surface area is 109 Å². The second-order valence-corrected chi connectivity index (χ2v) is 4.15. The van der Waals surface area contributed by atoms with Crippen molar-refractivity contribution >= 4 is 10.8 Å². The lowest BCUT2D eigenvalue weighted by atomic mass is 9.96. The molecule has 0 aliphatic rings. The zero-order valence-electron chi connectivity index (χ0n) is 10.0. The summed E-state index contributed by atoms with van der Waals surface area (Å²) in [5.74, 6) is -0.105. The maximum absolute atomic E-state index is 10.1. The van der Waals surface area contributed by atoms with Gasteiger partial charge in [-0.1, -0.05) is 35.4 Å². The Bertz CT molecular complexity index is 638. The fraction of sp³-hybridized carbons (Fsp3) is 0.231. The first-order chi connectivity index (χ1) is 9.15. The molecule has 0 amide bonds. The molecule has 2 aromatic rings. The van der Waals surface area contributed by atoms with E-state index in [4.69, 9.17) is 5.53 Å². The van der Waals surface area contributed by atoms with E-state index in [-0.39, 0.29) is 17.9 Å². The third-order valence-electron chi connectivity index (χ3n) is 2.94. The molecule has 0 fully saturated rings. The summed E-state index contributed by atoms with van der Waals surface area (Å²) in [5.41, 5.74) is 8.44. The van der Waals surface area contributed by atoms with E-state index in [1.807, 2.05) is 12.1 Å². The van der Waals surface area contributed by atoms with E-state index < -0.39 is 12.2 Å². The van der Waals surface area contributed by atoms with Crippen LogP contribution in [0.15, 0.2) is 41.5 Å². The van der Waals surface area contributed by atoms with Crippen LogP contribution in [0.5, 0.6) is 5.75 Å². The van der Waals surface area contributed by atoms with E-state index in [9.17, 15) is 15.3 Å². The smallest absolute Gasteiger partial charge is 0.122 e. The Morgan fingerprint density at radius 3 is 2.63 bits per heavy atom. The fourth-order valence-electron chi connectivity index (χ4n) is 2.01. The van der Waals surface area contributed by atoms with Gasteiger partial charge in [-0.25, -0.2) is 0 Å². The van der Waals surface area contributed by atoms with Crippen LogP contribution in [0.3, 0.4) is 0 Å². The first kappa shape index (κ1) is 13.2. The van der Waals surface area contributed by atoms with Crippen LogP contribution in [0.1, 0.15) is 11.7 Å². The highest BCUT2D eigenvalue weighted by molar-refractivity contribution is 5.88. The van der Waals surface area contributed by atoms with Crippen LogP contribution in [0.2, 0.25) is 0 Å². The minimum atomic E-state index is -1.32. The van der Waals surface area contributed by atoms with Gasteiger partial charge in [-0.3, -0.25) is 0 Å². The number of azide groups is 1. The van der Waals surface area contributed by atoms with Gasteiger partial charge < -0.3 is 15.3 Å². The summed E-state index contributed by atoms with van der Waals surface area (Å²) in [5, 5.41) is 34.4. The molecule has 0 aromatic heterocycles. The Kier molecular flexibility index (Phi) is 3.87. The molecule has 2 unspecified atom stereocenters. The normalized spacial score (nSPS) is 13.8. The van der Waals surface area contributed by atoms with Gasteiger partial charge in [-0.15, -0.1) is 0 Å². The standard InChI is InChI=1S/C13H13N3O3/c14-16-15-7-11(18)13(19)12-9-4-2-1-3-8(9)5-6-10(12)17/h1-6,11,13,17-19H,7H2. The van der Waals surface area contributed by atoms with Gasteiger partial charge in [-0.2, -0.15) is 0 Å². The number of nitrogens with zero attached hydrogens (tertiary/aromatic N) is 3. The number of benzene rings is 2. The van der Waals surface area contributed by atoms with Crippen molar-refractivity contribution in [3.8, 4) is 5.75 Å².